The normalized spacial score (nSPS) is 16.2. The van der Waals surface area contributed by atoms with Crippen LogP contribution in [0.25, 0.3) is 16.4 Å². The zero-order valence-corrected chi connectivity index (χ0v) is 20.6. The van der Waals surface area contributed by atoms with Gasteiger partial charge in [0.2, 0.25) is 11.8 Å². The van der Waals surface area contributed by atoms with Crippen molar-refractivity contribution < 1.29 is 9.59 Å². The SMILES string of the molecule is CCC(=O)N1CCN(C(=O)CCCSc2nnc(-c3cccs3)n2-c2ccccc2)CC1C. The molecule has 0 spiro atoms. The maximum Gasteiger partial charge on any atom is 0.222 e. The molecule has 1 aromatic carbocycles. The summed E-state index contributed by atoms with van der Waals surface area (Å²) < 4.78 is 2.09. The Bertz CT molecular complexity index is 1070. The highest BCUT2D eigenvalue weighted by Crippen LogP contribution is 2.30. The van der Waals surface area contributed by atoms with Gasteiger partial charge in [-0.25, -0.2) is 0 Å². The number of aromatic nitrogens is 3. The largest absolute Gasteiger partial charge is 0.339 e. The van der Waals surface area contributed by atoms with Crippen LogP contribution in [0.4, 0.5) is 0 Å². The van der Waals surface area contributed by atoms with Gasteiger partial charge in [0.15, 0.2) is 11.0 Å². The highest BCUT2D eigenvalue weighted by atomic mass is 32.2. The van der Waals surface area contributed by atoms with Crippen LogP contribution in [0.1, 0.15) is 33.1 Å². The molecule has 3 heterocycles. The van der Waals surface area contributed by atoms with E-state index >= 15 is 0 Å². The van der Waals surface area contributed by atoms with Crippen molar-refractivity contribution >= 4 is 34.9 Å². The molecule has 1 unspecified atom stereocenters. The van der Waals surface area contributed by atoms with Gasteiger partial charge < -0.3 is 9.80 Å². The quantitative estimate of drug-likeness (QED) is 0.352. The van der Waals surface area contributed by atoms with E-state index in [0.29, 0.717) is 32.5 Å². The number of amides is 2. The average molecular weight is 484 g/mol. The molecular weight excluding hydrogens is 454 g/mol. The lowest BCUT2D eigenvalue weighted by Crippen LogP contribution is -2.55. The number of carbonyl (C=O) groups is 2. The molecule has 9 heteroatoms. The zero-order valence-electron chi connectivity index (χ0n) is 19.0. The van der Waals surface area contributed by atoms with Crippen LogP contribution in [0.2, 0.25) is 0 Å². The first-order valence-corrected chi connectivity index (χ1v) is 13.2. The molecule has 33 heavy (non-hydrogen) atoms. The summed E-state index contributed by atoms with van der Waals surface area (Å²) in [7, 11) is 0. The van der Waals surface area contributed by atoms with Gasteiger partial charge >= 0.3 is 0 Å². The molecule has 0 saturated carbocycles. The van der Waals surface area contributed by atoms with E-state index in [1.807, 2.05) is 53.3 Å². The summed E-state index contributed by atoms with van der Waals surface area (Å²) in [5.41, 5.74) is 1.03. The lowest BCUT2D eigenvalue weighted by Gasteiger charge is -2.40. The fourth-order valence-corrected chi connectivity index (χ4v) is 5.63. The number of para-hydroxylation sites is 1. The Morgan fingerprint density at radius 2 is 1.91 bits per heavy atom. The van der Waals surface area contributed by atoms with Crippen LogP contribution >= 0.6 is 23.1 Å². The van der Waals surface area contributed by atoms with E-state index in [2.05, 4.69) is 33.0 Å². The minimum Gasteiger partial charge on any atom is -0.339 e. The van der Waals surface area contributed by atoms with Crippen molar-refractivity contribution in [3.63, 3.8) is 0 Å². The van der Waals surface area contributed by atoms with E-state index in [0.717, 1.165) is 33.7 Å². The van der Waals surface area contributed by atoms with Crippen LogP contribution in [0.15, 0.2) is 53.0 Å². The first-order chi connectivity index (χ1) is 16.1. The van der Waals surface area contributed by atoms with Gasteiger partial charge in [-0.1, -0.05) is 43.0 Å². The van der Waals surface area contributed by atoms with Crippen molar-refractivity contribution in [3.8, 4) is 16.4 Å². The van der Waals surface area contributed by atoms with Crippen LogP contribution in [-0.2, 0) is 9.59 Å². The molecule has 0 radical (unpaired) electrons. The molecule has 0 bridgehead atoms. The number of benzene rings is 1. The van der Waals surface area contributed by atoms with Gasteiger partial charge in [-0.15, -0.1) is 21.5 Å². The third-order valence-electron chi connectivity index (χ3n) is 5.76. The van der Waals surface area contributed by atoms with Crippen molar-refractivity contribution in [2.24, 2.45) is 0 Å². The van der Waals surface area contributed by atoms with Gasteiger partial charge in [0.1, 0.15) is 0 Å². The van der Waals surface area contributed by atoms with Gasteiger partial charge in [-0.3, -0.25) is 14.2 Å². The first kappa shape index (κ1) is 23.5. The summed E-state index contributed by atoms with van der Waals surface area (Å²) in [6, 6.07) is 14.3. The number of piperazine rings is 1. The summed E-state index contributed by atoms with van der Waals surface area (Å²) in [4.78, 5) is 29.6. The topological polar surface area (TPSA) is 71.3 Å². The Labute approximate surface area is 202 Å². The number of nitrogens with zero attached hydrogens (tertiary/aromatic N) is 5. The molecule has 2 amide bonds. The molecule has 3 aromatic rings. The molecule has 1 aliphatic rings. The molecular formula is C24H29N5O2S2. The molecule has 1 fully saturated rings. The Hall–Kier alpha value is -2.65. The van der Waals surface area contributed by atoms with Crippen molar-refractivity contribution in [1.29, 1.82) is 0 Å². The minimum atomic E-state index is 0.0737. The van der Waals surface area contributed by atoms with Gasteiger partial charge in [-0.2, -0.15) is 0 Å². The van der Waals surface area contributed by atoms with Crippen LogP contribution in [0.3, 0.4) is 0 Å². The van der Waals surface area contributed by atoms with Crippen LogP contribution < -0.4 is 0 Å². The average Bonchev–Trinajstić information content (AvgIpc) is 3.51. The van der Waals surface area contributed by atoms with E-state index in [4.69, 9.17) is 0 Å². The fraction of sp³-hybridized carbons (Fsp3) is 0.417. The number of hydrogen-bond donors (Lipinski definition) is 0. The Balaban J connectivity index is 1.34. The third kappa shape index (κ3) is 5.47. The summed E-state index contributed by atoms with van der Waals surface area (Å²) >= 11 is 3.27. The summed E-state index contributed by atoms with van der Waals surface area (Å²) in [5.74, 6) is 1.94. The lowest BCUT2D eigenvalue weighted by molar-refractivity contribution is -0.142. The Morgan fingerprint density at radius 1 is 1.09 bits per heavy atom. The number of carbonyl (C=O) groups excluding carboxylic acids is 2. The summed E-state index contributed by atoms with van der Waals surface area (Å²) in [6.45, 7) is 5.76. The molecule has 1 saturated heterocycles. The maximum absolute atomic E-state index is 12.7. The predicted molar refractivity (Wildman–Crippen MR) is 133 cm³/mol. The molecule has 4 rings (SSSR count). The number of hydrogen-bond acceptors (Lipinski definition) is 6. The Kier molecular flexibility index (Phi) is 7.82. The van der Waals surface area contributed by atoms with E-state index in [-0.39, 0.29) is 17.9 Å². The van der Waals surface area contributed by atoms with Crippen molar-refractivity contribution in [2.45, 2.75) is 44.3 Å². The van der Waals surface area contributed by atoms with Gasteiger partial charge in [0, 0.05) is 50.0 Å². The monoisotopic (exact) mass is 483 g/mol. The molecule has 0 aliphatic carbocycles. The second-order valence-electron chi connectivity index (χ2n) is 8.04. The van der Waals surface area contributed by atoms with Crippen LogP contribution in [-0.4, -0.2) is 67.8 Å². The molecule has 1 atom stereocenters. The first-order valence-electron chi connectivity index (χ1n) is 11.3. The van der Waals surface area contributed by atoms with Gasteiger partial charge in [0.05, 0.1) is 4.88 Å². The Morgan fingerprint density at radius 3 is 2.61 bits per heavy atom. The van der Waals surface area contributed by atoms with Crippen LogP contribution in [0.5, 0.6) is 0 Å². The van der Waals surface area contributed by atoms with Crippen molar-refractivity contribution in [1.82, 2.24) is 24.6 Å². The molecule has 2 aromatic heterocycles. The number of rotatable bonds is 8. The molecule has 174 valence electrons. The maximum atomic E-state index is 12.7. The third-order valence-corrected chi connectivity index (χ3v) is 7.64. The lowest BCUT2D eigenvalue weighted by atomic mass is 10.1. The van der Waals surface area contributed by atoms with Gasteiger partial charge in [-0.05, 0) is 36.9 Å². The van der Waals surface area contributed by atoms with Crippen molar-refractivity contribution in [3.05, 3.63) is 47.8 Å². The minimum absolute atomic E-state index is 0.0737. The van der Waals surface area contributed by atoms with Crippen molar-refractivity contribution in [2.75, 3.05) is 25.4 Å². The van der Waals surface area contributed by atoms with E-state index in [1.54, 1.807) is 23.1 Å². The second-order valence-corrected chi connectivity index (χ2v) is 10.0. The number of thioether (sulfide) groups is 1. The number of thiophene rings is 1. The summed E-state index contributed by atoms with van der Waals surface area (Å²) in [6.07, 6.45) is 1.78. The van der Waals surface area contributed by atoms with Gasteiger partial charge in [0.25, 0.3) is 0 Å². The molecule has 7 nitrogen and oxygen atoms in total. The van der Waals surface area contributed by atoms with E-state index in [9.17, 15) is 9.59 Å². The van der Waals surface area contributed by atoms with E-state index < -0.39 is 0 Å². The second kappa shape index (κ2) is 11.0. The smallest absolute Gasteiger partial charge is 0.222 e. The standard InChI is InChI=1S/C24H29N5O2S2/c1-3-21(30)28-14-13-27(17-18(28)2)22(31)12-8-16-33-24-26-25-23(20-11-7-15-32-20)29(24)19-9-5-4-6-10-19/h4-7,9-11,15,18H,3,8,12-14,16-17H2,1-2H3. The highest BCUT2D eigenvalue weighted by Gasteiger charge is 2.28. The summed E-state index contributed by atoms with van der Waals surface area (Å²) in [5, 5.41) is 11.8. The highest BCUT2D eigenvalue weighted by molar-refractivity contribution is 7.99. The van der Waals surface area contributed by atoms with Crippen LogP contribution in [0, 0.1) is 0 Å². The zero-order chi connectivity index (χ0) is 23.2. The predicted octanol–water partition coefficient (Wildman–Crippen LogP) is 4.34. The van der Waals surface area contributed by atoms with E-state index in [1.165, 1.54) is 0 Å². The molecule has 0 N–H and O–H groups in total. The fourth-order valence-electron chi connectivity index (χ4n) is 4.04. The molecule has 1 aliphatic heterocycles.